The molecule has 0 N–H and O–H groups in total. The highest BCUT2D eigenvalue weighted by Gasteiger charge is 2.27. The molecular formula is C21H24N2O2. The van der Waals surface area contributed by atoms with E-state index >= 15 is 0 Å². The number of hydrogen-bond donors (Lipinski definition) is 0. The molecule has 0 unspecified atom stereocenters. The fraction of sp³-hybridized carbons (Fsp3) is 0.429. The zero-order chi connectivity index (χ0) is 17.1. The molecule has 1 aromatic carbocycles. The minimum Gasteiger partial charge on any atom is -0.493 e. The number of rotatable bonds is 3. The third-order valence-corrected chi connectivity index (χ3v) is 5.27. The zero-order valence-electron chi connectivity index (χ0n) is 14.5. The van der Waals surface area contributed by atoms with Crippen LogP contribution in [0.1, 0.15) is 48.4 Å². The average Bonchev–Trinajstić information content (AvgIpc) is 2.96. The minimum absolute atomic E-state index is 0.177. The van der Waals surface area contributed by atoms with E-state index in [9.17, 15) is 4.79 Å². The molecule has 1 aromatic heterocycles. The standard InChI is InChI=1S/C21H24N2O2/c24-21(15-16-5-6-20-18(14-16)9-13-25-20)23-12-3-1-2-4-19(23)17-7-10-22-11-8-17/h5-8,10-11,14,19H,1-4,9,12-13,15H2/t19-/m0/s1. The summed E-state index contributed by atoms with van der Waals surface area (Å²) in [6.45, 7) is 1.60. The van der Waals surface area contributed by atoms with Crippen LogP contribution in [0.2, 0.25) is 0 Å². The third-order valence-electron chi connectivity index (χ3n) is 5.27. The van der Waals surface area contributed by atoms with E-state index in [0.717, 1.165) is 43.7 Å². The lowest BCUT2D eigenvalue weighted by Crippen LogP contribution is -2.35. The van der Waals surface area contributed by atoms with Crippen molar-refractivity contribution in [1.29, 1.82) is 0 Å². The summed E-state index contributed by atoms with van der Waals surface area (Å²) < 4.78 is 5.56. The van der Waals surface area contributed by atoms with Crippen LogP contribution in [-0.2, 0) is 17.6 Å². The van der Waals surface area contributed by atoms with E-state index in [4.69, 9.17) is 4.74 Å². The van der Waals surface area contributed by atoms with Gasteiger partial charge in [-0.1, -0.05) is 25.0 Å². The van der Waals surface area contributed by atoms with Crippen LogP contribution in [-0.4, -0.2) is 28.9 Å². The number of carbonyl (C=O) groups is 1. The van der Waals surface area contributed by atoms with Gasteiger partial charge in [-0.15, -0.1) is 0 Å². The number of likely N-dealkylation sites (tertiary alicyclic amines) is 1. The smallest absolute Gasteiger partial charge is 0.227 e. The summed E-state index contributed by atoms with van der Waals surface area (Å²) in [5.74, 6) is 1.20. The van der Waals surface area contributed by atoms with Gasteiger partial charge in [-0.2, -0.15) is 0 Å². The highest BCUT2D eigenvalue weighted by molar-refractivity contribution is 5.79. The molecule has 4 nitrogen and oxygen atoms in total. The van der Waals surface area contributed by atoms with Gasteiger partial charge in [0.15, 0.2) is 0 Å². The molecule has 1 fully saturated rings. The SMILES string of the molecule is O=C(Cc1ccc2c(c1)CCO2)N1CCCCC[C@H]1c1ccncc1. The van der Waals surface area contributed by atoms with Gasteiger partial charge in [0.2, 0.25) is 5.91 Å². The molecule has 2 aromatic rings. The van der Waals surface area contributed by atoms with E-state index in [0.29, 0.717) is 6.42 Å². The van der Waals surface area contributed by atoms with E-state index < -0.39 is 0 Å². The van der Waals surface area contributed by atoms with E-state index in [1.54, 1.807) is 0 Å². The van der Waals surface area contributed by atoms with Gasteiger partial charge >= 0.3 is 0 Å². The van der Waals surface area contributed by atoms with Crippen molar-refractivity contribution in [2.24, 2.45) is 0 Å². The van der Waals surface area contributed by atoms with Gasteiger partial charge in [0.25, 0.3) is 0 Å². The van der Waals surface area contributed by atoms with Crippen molar-refractivity contribution >= 4 is 5.91 Å². The summed E-state index contributed by atoms with van der Waals surface area (Å²) in [6.07, 6.45) is 9.55. The number of nitrogens with zero attached hydrogens (tertiary/aromatic N) is 2. The number of pyridine rings is 1. The lowest BCUT2D eigenvalue weighted by molar-refractivity contribution is -0.132. The predicted molar refractivity (Wildman–Crippen MR) is 96.5 cm³/mol. The molecule has 2 aliphatic rings. The van der Waals surface area contributed by atoms with E-state index in [2.05, 4.69) is 16.0 Å². The molecule has 1 atom stereocenters. The first-order chi connectivity index (χ1) is 12.3. The molecule has 2 aliphatic heterocycles. The van der Waals surface area contributed by atoms with Crippen LogP contribution in [0.15, 0.2) is 42.7 Å². The van der Waals surface area contributed by atoms with Crippen molar-refractivity contribution in [2.45, 2.75) is 44.6 Å². The van der Waals surface area contributed by atoms with Crippen LogP contribution in [0, 0.1) is 0 Å². The largest absolute Gasteiger partial charge is 0.493 e. The van der Waals surface area contributed by atoms with Crippen molar-refractivity contribution in [3.8, 4) is 5.75 Å². The fourth-order valence-corrected chi connectivity index (χ4v) is 3.97. The fourth-order valence-electron chi connectivity index (χ4n) is 3.97. The first kappa shape index (κ1) is 16.1. The van der Waals surface area contributed by atoms with Gasteiger partial charge in [0.1, 0.15) is 5.75 Å². The van der Waals surface area contributed by atoms with Crippen LogP contribution in [0.4, 0.5) is 0 Å². The van der Waals surface area contributed by atoms with Crippen molar-refractivity contribution in [3.63, 3.8) is 0 Å². The molecule has 0 aliphatic carbocycles. The van der Waals surface area contributed by atoms with Gasteiger partial charge in [-0.05, 0) is 47.7 Å². The molecule has 0 bridgehead atoms. The number of amides is 1. The first-order valence-electron chi connectivity index (χ1n) is 9.25. The Hall–Kier alpha value is -2.36. The number of benzene rings is 1. The Morgan fingerprint density at radius 3 is 2.92 bits per heavy atom. The van der Waals surface area contributed by atoms with Crippen molar-refractivity contribution in [1.82, 2.24) is 9.88 Å². The van der Waals surface area contributed by atoms with Crippen LogP contribution >= 0.6 is 0 Å². The Morgan fingerprint density at radius 2 is 2.04 bits per heavy atom. The van der Waals surface area contributed by atoms with Gasteiger partial charge in [0, 0.05) is 25.4 Å². The van der Waals surface area contributed by atoms with Crippen LogP contribution in [0.5, 0.6) is 5.75 Å². The molecule has 25 heavy (non-hydrogen) atoms. The van der Waals surface area contributed by atoms with E-state index in [1.165, 1.54) is 24.0 Å². The highest BCUT2D eigenvalue weighted by Crippen LogP contribution is 2.31. The number of carbonyl (C=O) groups excluding carboxylic acids is 1. The number of fused-ring (bicyclic) bond motifs is 1. The van der Waals surface area contributed by atoms with Crippen LogP contribution < -0.4 is 4.74 Å². The van der Waals surface area contributed by atoms with Gasteiger partial charge in [-0.25, -0.2) is 0 Å². The third kappa shape index (κ3) is 3.53. The summed E-state index contributed by atoms with van der Waals surface area (Å²) >= 11 is 0. The Kier molecular flexibility index (Phi) is 4.68. The quantitative estimate of drug-likeness (QED) is 0.858. The average molecular weight is 336 g/mol. The normalized spacial score (nSPS) is 19.8. The topological polar surface area (TPSA) is 42.4 Å². The van der Waals surface area contributed by atoms with Crippen molar-refractivity contribution < 1.29 is 9.53 Å². The Morgan fingerprint density at radius 1 is 1.16 bits per heavy atom. The van der Waals surface area contributed by atoms with E-state index in [-0.39, 0.29) is 11.9 Å². The molecule has 4 rings (SSSR count). The molecule has 0 saturated carbocycles. The Balaban J connectivity index is 1.54. The summed E-state index contributed by atoms with van der Waals surface area (Å²) in [6, 6.07) is 10.4. The highest BCUT2D eigenvalue weighted by atomic mass is 16.5. The second-order valence-electron chi connectivity index (χ2n) is 6.95. The lowest BCUT2D eigenvalue weighted by atomic mass is 10.0. The summed E-state index contributed by atoms with van der Waals surface area (Å²) in [5, 5.41) is 0. The summed E-state index contributed by atoms with van der Waals surface area (Å²) in [4.78, 5) is 19.3. The van der Waals surface area contributed by atoms with Crippen molar-refractivity contribution in [2.75, 3.05) is 13.2 Å². The van der Waals surface area contributed by atoms with Gasteiger partial charge < -0.3 is 9.64 Å². The van der Waals surface area contributed by atoms with E-state index in [1.807, 2.05) is 36.7 Å². The Labute approximate surface area is 148 Å². The zero-order valence-corrected chi connectivity index (χ0v) is 14.5. The molecule has 0 radical (unpaired) electrons. The molecule has 3 heterocycles. The number of aromatic nitrogens is 1. The van der Waals surface area contributed by atoms with Crippen LogP contribution in [0.25, 0.3) is 0 Å². The molecule has 4 heteroatoms. The second-order valence-corrected chi connectivity index (χ2v) is 6.95. The maximum atomic E-state index is 13.1. The molecular weight excluding hydrogens is 312 g/mol. The summed E-state index contributed by atoms with van der Waals surface area (Å²) in [7, 11) is 0. The molecule has 1 saturated heterocycles. The number of hydrogen-bond acceptors (Lipinski definition) is 3. The number of ether oxygens (including phenoxy) is 1. The lowest BCUT2D eigenvalue weighted by Gasteiger charge is -2.30. The molecule has 1 amide bonds. The molecule has 130 valence electrons. The second kappa shape index (κ2) is 7.26. The summed E-state index contributed by atoms with van der Waals surface area (Å²) in [5.41, 5.74) is 3.52. The predicted octanol–water partition coefficient (Wildman–Crippen LogP) is 3.70. The Bertz CT molecular complexity index is 745. The minimum atomic E-state index is 0.177. The first-order valence-corrected chi connectivity index (χ1v) is 9.25. The van der Waals surface area contributed by atoms with Gasteiger partial charge in [-0.3, -0.25) is 9.78 Å². The maximum absolute atomic E-state index is 13.1. The molecule has 0 spiro atoms. The maximum Gasteiger partial charge on any atom is 0.227 e. The van der Waals surface area contributed by atoms with Crippen molar-refractivity contribution in [3.05, 3.63) is 59.4 Å². The van der Waals surface area contributed by atoms with Crippen LogP contribution in [0.3, 0.4) is 0 Å². The van der Waals surface area contributed by atoms with Gasteiger partial charge in [0.05, 0.1) is 19.1 Å². The monoisotopic (exact) mass is 336 g/mol.